The van der Waals surface area contributed by atoms with E-state index in [0.717, 1.165) is 36.9 Å². The smallest absolute Gasteiger partial charge is 0.119 e. The minimum atomic E-state index is 0.593. The average molecular weight is 275 g/mol. The minimum Gasteiger partial charge on any atom is -0.491 e. The predicted octanol–water partition coefficient (Wildman–Crippen LogP) is 3.30. The number of hydrogen-bond acceptors (Lipinski definition) is 3. The van der Waals surface area contributed by atoms with Gasteiger partial charge in [0.05, 0.1) is 13.2 Å². The molecule has 1 fully saturated rings. The van der Waals surface area contributed by atoms with Crippen molar-refractivity contribution in [2.24, 2.45) is 0 Å². The monoisotopic (exact) mass is 275 g/mol. The Morgan fingerprint density at radius 2 is 2.15 bits per heavy atom. The maximum atomic E-state index is 5.70. The van der Waals surface area contributed by atoms with Crippen LogP contribution < -0.4 is 10.1 Å². The topological polar surface area (TPSA) is 30.5 Å². The van der Waals surface area contributed by atoms with Gasteiger partial charge in [0.25, 0.3) is 0 Å². The van der Waals surface area contributed by atoms with E-state index in [-0.39, 0.29) is 0 Å². The number of hydrogen-bond donors (Lipinski definition) is 1. The third-order valence-corrected chi connectivity index (χ3v) is 3.24. The lowest BCUT2D eigenvalue weighted by molar-refractivity contribution is 0.102. The zero-order valence-electron chi connectivity index (χ0n) is 12.4. The number of benzene rings is 1. The van der Waals surface area contributed by atoms with E-state index in [4.69, 9.17) is 9.47 Å². The van der Waals surface area contributed by atoms with Gasteiger partial charge < -0.3 is 14.8 Å². The molecular formula is C17H25NO2. The van der Waals surface area contributed by atoms with Crippen molar-refractivity contribution in [3.63, 3.8) is 0 Å². The van der Waals surface area contributed by atoms with E-state index in [1.54, 1.807) is 0 Å². The molecule has 0 unspecified atom stereocenters. The van der Waals surface area contributed by atoms with E-state index < -0.39 is 0 Å². The summed E-state index contributed by atoms with van der Waals surface area (Å²) in [6.45, 7) is 8.73. The standard InChI is InChI=1S/C17H25NO2/c1-14(2)8-9-19-10-11-20-17-5-3-4-15(12-17)13-18-16-6-7-16/h3-5,12,16,18H,1,6-11,13H2,2H3. The van der Waals surface area contributed by atoms with E-state index in [9.17, 15) is 0 Å². The summed E-state index contributed by atoms with van der Waals surface area (Å²) in [5.41, 5.74) is 2.43. The van der Waals surface area contributed by atoms with Crippen LogP contribution in [0.5, 0.6) is 5.75 Å². The molecule has 2 rings (SSSR count). The fourth-order valence-electron chi connectivity index (χ4n) is 1.86. The first kappa shape index (κ1) is 15.1. The lowest BCUT2D eigenvalue weighted by Gasteiger charge is -2.09. The molecule has 0 atom stereocenters. The van der Waals surface area contributed by atoms with Crippen LogP contribution in [0.4, 0.5) is 0 Å². The summed E-state index contributed by atoms with van der Waals surface area (Å²) in [6, 6.07) is 9.01. The maximum absolute atomic E-state index is 5.70. The highest BCUT2D eigenvalue weighted by Crippen LogP contribution is 2.20. The van der Waals surface area contributed by atoms with Gasteiger partial charge in [0.15, 0.2) is 0 Å². The SMILES string of the molecule is C=C(C)CCOCCOc1cccc(CNC2CC2)c1. The summed E-state index contributed by atoms with van der Waals surface area (Å²) >= 11 is 0. The molecule has 0 amide bonds. The van der Waals surface area contributed by atoms with Gasteiger partial charge >= 0.3 is 0 Å². The van der Waals surface area contributed by atoms with E-state index in [1.807, 2.05) is 19.1 Å². The van der Waals surface area contributed by atoms with Gasteiger partial charge in [-0.1, -0.05) is 17.7 Å². The predicted molar refractivity (Wildman–Crippen MR) is 82.0 cm³/mol. The molecule has 20 heavy (non-hydrogen) atoms. The molecule has 1 N–H and O–H groups in total. The van der Waals surface area contributed by atoms with E-state index in [0.29, 0.717) is 13.2 Å². The highest BCUT2D eigenvalue weighted by molar-refractivity contribution is 5.28. The molecule has 1 aromatic carbocycles. The molecular weight excluding hydrogens is 250 g/mol. The normalized spacial score (nSPS) is 14.2. The van der Waals surface area contributed by atoms with Gasteiger partial charge in [0.2, 0.25) is 0 Å². The van der Waals surface area contributed by atoms with Crippen molar-refractivity contribution in [3.05, 3.63) is 42.0 Å². The lowest BCUT2D eigenvalue weighted by atomic mass is 10.2. The Morgan fingerprint density at radius 1 is 1.30 bits per heavy atom. The van der Waals surface area contributed by atoms with Gasteiger partial charge in [-0.15, -0.1) is 6.58 Å². The van der Waals surface area contributed by atoms with Gasteiger partial charge in [-0.25, -0.2) is 0 Å². The van der Waals surface area contributed by atoms with Crippen LogP contribution in [0.2, 0.25) is 0 Å². The first-order valence-corrected chi connectivity index (χ1v) is 7.41. The van der Waals surface area contributed by atoms with Crippen LogP contribution in [-0.4, -0.2) is 25.9 Å². The van der Waals surface area contributed by atoms with E-state index in [2.05, 4.69) is 24.0 Å². The highest BCUT2D eigenvalue weighted by Gasteiger charge is 2.19. The van der Waals surface area contributed by atoms with E-state index in [1.165, 1.54) is 18.4 Å². The van der Waals surface area contributed by atoms with Crippen LogP contribution in [0.15, 0.2) is 36.4 Å². The molecule has 0 spiro atoms. The molecule has 1 aliphatic carbocycles. The zero-order chi connectivity index (χ0) is 14.2. The van der Waals surface area contributed by atoms with Crippen LogP contribution in [0, 0.1) is 0 Å². The molecule has 3 nitrogen and oxygen atoms in total. The van der Waals surface area contributed by atoms with Gasteiger partial charge in [-0.05, 0) is 43.9 Å². The third kappa shape index (κ3) is 6.22. The van der Waals surface area contributed by atoms with Crippen LogP contribution in [0.1, 0.15) is 31.7 Å². The Hall–Kier alpha value is -1.32. The van der Waals surface area contributed by atoms with Crippen molar-refractivity contribution >= 4 is 0 Å². The first-order chi connectivity index (χ1) is 9.74. The Labute approximate surface area is 122 Å². The second kappa shape index (κ2) is 8.08. The Bertz CT molecular complexity index is 427. The molecule has 1 saturated carbocycles. The van der Waals surface area contributed by atoms with Crippen molar-refractivity contribution < 1.29 is 9.47 Å². The summed E-state index contributed by atoms with van der Waals surface area (Å²) in [5, 5.41) is 3.51. The van der Waals surface area contributed by atoms with Crippen molar-refractivity contribution in [1.82, 2.24) is 5.32 Å². The van der Waals surface area contributed by atoms with Crippen molar-refractivity contribution in [2.45, 2.75) is 38.8 Å². The van der Waals surface area contributed by atoms with Gasteiger partial charge in [0, 0.05) is 12.6 Å². The first-order valence-electron chi connectivity index (χ1n) is 7.41. The fraction of sp³-hybridized carbons (Fsp3) is 0.529. The lowest BCUT2D eigenvalue weighted by Crippen LogP contribution is -2.15. The van der Waals surface area contributed by atoms with Crippen LogP contribution >= 0.6 is 0 Å². The molecule has 3 heteroatoms. The second-order valence-corrected chi connectivity index (χ2v) is 5.47. The number of rotatable bonds is 10. The number of nitrogens with one attached hydrogen (secondary N) is 1. The Balaban J connectivity index is 1.61. The Kier molecular flexibility index (Phi) is 6.09. The van der Waals surface area contributed by atoms with Crippen LogP contribution in [0.25, 0.3) is 0 Å². The summed E-state index contributed by atoms with van der Waals surface area (Å²) in [7, 11) is 0. The molecule has 0 heterocycles. The van der Waals surface area contributed by atoms with Crippen molar-refractivity contribution in [3.8, 4) is 5.75 Å². The average Bonchev–Trinajstić information content (AvgIpc) is 3.25. The third-order valence-electron chi connectivity index (χ3n) is 3.24. The van der Waals surface area contributed by atoms with Crippen LogP contribution in [0.3, 0.4) is 0 Å². The van der Waals surface area contributed by atoms with Gasteiger partial charge in [-0.3, -0.25) is 0 Å². The molecule has 1 aliphatic rings. The molecule has 0 bridgehead atoms. The van der Waals surface area contributed by atoms with Gasteiger partial charge in [0.1, 0.15) is 12.4 Å². The second-order valence-electron chi connectivity index (χ2n) is 5.47. The largest absolute Gasteiger partial charge is 0.491 e. The van der Waals surface area contributed by atoms with Crippen molar-refractivity contribution in [1.29, 1.82) is 0 Å². The molecule has 0 radical (unpaired) electrons. The summed E-state index contributed by atoms with van der Waals surface area (Å²) in [4.78, 5) is 0. The minimum absolute atomic E-state index is 0.593. The summed E-state index contributed by atoms with van der Waals surface area (Å²) in [5.74, 6) is 0.920. The highest BCUT2D eigenvalue weighted by atomic mass is 16.5. The maximum Gasteiger partial charge on any atom is 0.119 e. The fourth-order valence-corrected chi connectivity index (χ4v) is 1.86. The zero-order valence-corrected chi connectivity index (χ0v) is 12.4. The number of ether oxygens (including phenoxy) is 2. The summed E-state index contributed by atoms with van der Waals surface area (Å²) < 4.78 is 11.2. The molecule has 0 aliphatic heterocycles. The van der Waals surface area contributed by atoms with Crippen LogP contribution in [-0.2, 0) is 11.3 Å². The van der Waals surface area contributed by atoms with Gasteiger partial charge in [-0.2, -0.15) is 0 Å². The molecule has 110 valence electrons. The van der Waals surface area contributed by atoms with E-state index >= 15 is 0 Å². The summed E-state index contributed by atoms with van der Waals surface area (Å²) in [6.07, 6.45) is 3.55. The quantitative estimate of drug-likeness (QED) is 0.525. The Morgan fingerprint density at radius 3 is 2.90 bits per heavy atom. The molecule has 1 aromatic rings. The molecule has 0 saturated heterocycles. The molecule has 0 aromatic heterocycles. The van der Waals surface area contributed by atoms with Crippen molar-refractivity contribution in [2.75, 3.05) is 19.8 Å².